The van der Waals surface area contributed by atoms with Gasteiger partial charge in [-0.25, -0.2) is 0 Å². The minimum Gasteiger partial charge on any atom is -0.507 e. The van der Waals surface area contributed by atoms with Gasteiger partial charge in [-0.3, -0.25) is 9.59 Å². The second-order valence-electron chi connectivity index (χ2n) is 7.29. The molecule has 2 aromatic carbocycles. The van der Waals surface area contributed by atoms with Crippen molar-refractivity contribution in [3.63, 3.8) is 0 Å². The highest BCUT2D eigenvalue weighted by Crippen LogP contribution is 2.40. The molecular formula is C25H23NO5. The first kappa shape index (κ1) is 20.5. The van der Waals surface area contributed by atoms with Gasteiger partial charge in [0.25, 0.3) is 11.7 Å². The van der Waals surface area contributed by atoms with E-state index in [1.54, 1.807) is 36.4 Å². The van der Waals surface area contributed by atoms with Crippen molar-refractivity contribution in [3.05, 3.63) is 95.5 Å². The summed E-state index contributed by atoms with van der Waals surface area (Å²) in [6.07, 6.45) is 2.37. The minimum atomic E-state index is -0.730. The highest BCUT2D eigenvalue weighted by atomic mass is 16.5. The summed E-state index contributed by atoms with van der Waals surface area (Å²) in [5.74, 6) is -0.483. The molecule has 1 aliphatic rings. The molecule has 3 aromatic rings. The smallest absolute Gasteiger partial charge is 0.296 e. The van der Waals surface area contributed by atoms with E-state index in [1.807, 2.05) is 37.3 Å². The number of hydrogen-bond donors (Lipinski definition) is 1. The topological polar surface area (TPSA) is 80.0 Å². The summed E-state index contributed by atoms with van der Waals surface area (Å²) in [4.78, 5) is 27.4. The first-order valence-electron chi connectivity index (χ1n) is 10.2. The van der Waals surface area contributed by atoms with Crippen molar-refractivity contribution in [3.8, 4) is 5.75 Å². The Labute approximate surface area is 180 Å². The Balaban J connectivity index is 1.80. The monoisotopic (exact) mass is 417 g/mol. The maximum atomic E-state index is 13.0. The van der Waals surface area contributed by atoms with Gasteiger partial charge in [-0.15, -0.1) is 0 Å². The zero-order valence-corrected chi connectivity index (χ0v) is 17.2. The summed E-state index contributed by atoms with van der Waals surface area (Å²) >= 11 is 0. The van der Waals surface area contributed by atoms with Crippen molar-refractivity contribution in [2.75, 3.05) is 6.61 Å². The van der Waals surface area contributed by atoms with E-state index >= 15 is 0 Å². The molecule has 4 rings (SSSR count). The van der Waals surface area contributed by atoms with Crippen LogP contribution >= 0.6 is 0 Å². The maximum Gasteiger partial charge on any atom is 0.296 e. The number of ether oxygens (including phenoxy) is 1. The lowest BCUT2D eigenvalue weighted by Crippen LogP contribution is -2.29. The number of aliphatic hydroxyl groups excluding tert-OH is 1. The van der Waals surface area contributed by atoms with Gasteiger partial charge in [-0.05, 0) is 36.2 Å². The van der Waals surface area contributed by atoms with E-state index < -0.39 is 17.7 Å². The van der Waals surface area contributed by atoms with Crippen molar-refractivity contribution in [1.29, 1.82) is 0 Å². The van der Waals surface area contributed by atoms with Gasteiger partial charge in [-0.2, -0.15) is 0 Å². The molecule has 0 aliphatic carbocycles. The lowest BCUT2D eigenvalue weighted by atomic mass is 9.95. The quantitative estimate of drug-likeness (QED) is 0.343. The molecule has 1 atom stereocenters. The number of amides is 1. The van der Waals surface area contributed by atoms with Gasteiger partial charge in [0.15, 0.2) is 0 Å². The number of carbonyl (C=O) groups is 2. The Morgan fingerprint density at radius 1 is 1.06 bits per heavy atom. The molecule has 31 heavy (non-hydrogen) atoms. The molecule has 1 unspecified atom stereocenters. The fraction of sp³-hybridized carbons (Fsp3) is 0.200. The first-order chi connectivity index (χ1) is 15.1. The van der Waals surface area contributed by atoms with Crippen LogP contribution in [0, 0.1) is 0 Å². The molecule has 0 spiro atoms. The van der Waals surface area contributed by atoms with Crippen LogP contribution in [-0.2, 0) is 16.1 Å². The van der Waals surface area contributed by atoms with Crippen LogP contribution in [0.15, 0.2) is 83.0 Å². The molecule has 1 saturated heterocycles. The average molecular weight is 417 g/mol. The van der Waals surface area contributed by atoms with Crippen molar-refractivity contribution < 1.29 is 23.8 Å². The van der Waals surface area contributed by atoms with Gasteiger partial charge in [0, 0.05) is 5.56 Å². The van der Waals surface area contributed by atoms with Gasteiger partial charge >= 0.3 is 0 Å². The predicted molar refractivity (Wildman–Crippen MR) is 115 cm³/mol. The molecule has 1 aliphatic heterocycles. The van der Waals surface area contributed by atoms with E-state index in [2.05, 4.69) is 0 Å². The number of nitrogens with zero attached hydrogens (tertiary/aromatic N) is 1. The highest BCUT2D eigenvalue weighted by molar-refractivity contribution is 6.46. The average Bonchev–Trinajstić information content (AvgIpc) is 3.40. The summed E-state index contributed by atoms with van der Waals surface area (Å²) in [5, 5.41) is 11.1. The van der Waals surface area contributed by atoms with E-state index in [0.29, 0.717) is 23.7 Å². The summed E-state index contributed by atoms with van der Waals surface area (Å²) < 4.78 is 11.0. The van der Waals surface area contributed by atoms with Crippen LogP contribution in [0.2, 0.25) is 0 Å². The standard InChI is InChI=1S/C25H23NO5/c1-2-13-30-19-11-6-10-18(15-19)23(27)21-22(17-8-4-3-5-9-17)26(25(29)24(21)28)16-20-12-7-14-31-20/h3-12,14-15,22,27H,2,13,16H2,1H3/b23-21+. The summed E-state index contributed by atoms with van der Waals surface area (Å²) in [6.45, 7) is 2.67. The molecule has 0 bridgehead atoms. The van der Waals surface area contributed by atoms with Crippen molar-refractivity contribution in [2.45, 2.75) is 25.9 Å². The van der Waals surface area contributed by atoms with Crippen LogP contribution in [0.1, 0.15) is 36.3 Å². The van der Waals surface area contributed by atoms with Crippen molar-refractivity contribution >= 4 is 17.4 Å². The molecule has 1 fully saturated rings. The predicted octanol–water partition coefficient (Wildman–Crippen LogP) is 4.69. The maximum absolute atomic E-state index is 13.0. The van der Waals surface area contributed by atoms with E-state index in [4.69, 9.17) is 9.15 Å². The van der Waals surface area contributed by atoms with Gasteiger partial charge in [0.2, 0.25) is 0 Å². The molecule has 1 amide bonds. The lowest BCUT2D eigenvalue weighted by molar-refractivity contribution is -0.140. The van der Waals surface area contributed by atoms with E-state index in [0.717, 1.165) is 12.0 Å². The number of hydrogen-bond acceptors (Lipinski definition) is 5. The summed E-state index contributed by atoms with van der Waals surface area (Å²) in [6, 6.07) is 18.8. The fourth-order valence-corrected chi connectivity index (χ4v) is 3.70. The number of likely N-dealkylation sites (tertiary alicyclic amines) is 1. The zero-order chi connectivity index (χ0) is 21.8. The summed E-state index contributed by atoms with van der Waals surface area (Å²) in [7, 11) is 0. The molecule has 1 aromatic heterocycles. The summed E-state index contributed by atoms with van der Waals surface area (Å²) in [5.41, 5.74) is 1.20. The Bertz CT molecular complexity index is 1100. The number of carbonyl (C=O) groups excluding carboxylic acids is 2. The van der Waals surface area contributed by atoms with Crippen LogP contribution in [0.3, 0.4) is 0 Å². The van der Waals surface area contributed by atoms with E-state index in [-0.39, 0.29) is 17.9 Å². The largest absolute Gasteiger partial charge is 0.507 e. The minimum absolute atomic E-state index is 0.0513. The normalized spacial score (nSPS) is 17.8. The number of Topliss-reactive ketones (excluding diaryl/α,β-unsaturated/α-hetero) is 1. The molecule has 6 heteroatoms. The highest BCUT2D eigenvalue weighted by Gasteiger charge is 2.46. The van der Waals surface area contributed by atoms with Crippen molar-refractivity contribution in [1.82, 2.24) is 4.90 Å². The number of ketones is 1. The van der Waals surface area contributed by atoms with E-state index in [1.165, 1.54) is 11.2 Å². The van der Waals surface area contributed by atoms with Gasteiger partial charge < -0.3 is 19.2 Å². The Hall–Kier alpha value is -3.80. The lowest BCUT2D eigenvalue weighted by Gasteiger charge is -2.24. The fourth-order valence-electron chi connectivity index (χ4n) is 3.70. The number of rotatable bonds is 7. The SMILES string of the molecule is CCCOc1cccc(/C(O)=C2\C(=O)C(=O)N(Cc3ccco3)C2c2ccccc2)c1. The van der Waals surface area contributed by atoms with Crippen LogP contribution in [0.25, 0.3) is 5.76 Å². The van der Waals surface area contributed by atoms with Gasteiger partial charge in [0.1, 0.15) is 17.3 Å². The molecule has 0 saturated carbocycles. The van der Waals surface area contributed by atoms with Crippen LogP contribution < -0.4 is 4.74 Å². The molecular weight excluding hydrogens is 394 g/mol. The number of furan rings is 1. The Kier molecular flexibility index (Phi) is 5.89. The molecule has 1 N–H and O–H groups in total. The van der Waals surface area contributed by atoms with Crippen molar-refractivity contribution in [2.24, 2.45) is 0 Å². The molecule has 0 radical (unpaired) electrons. The third-order valence-electron chi connectivity index (χ3n) is 5.14. The molecule has 2 heterocycles. The second kappa shape index (κ2) is 8.92. The third kappa shape index (κ3) is 4.10. The number of benzene rings is 2. The zero-order valence-electron chi connectivity index (χ0n) is 17.2. The number of aliphatic hydroxyl groups is 1. The Morgan fingerprint density at radius 2 is 1.87 bits per heavy atom. The first-order valence-corrected chi connectivity index (χ1v) is 10.2. The van der Waals surface area contributed by atoms with Gasteiger partial charge in [0.05, 0.1) is 31.0 Å². The Morgan fingerprint density at radius 3 is 2.58 bits per heavy atom. The molecule has 6 nitrogen and oxygen atoms in total. The molecule has 158 valence electrons. The second-order valence-corrected chi connectivity index (χ2v) is 7.29. The van der Waals surface area contributed by atoms with Crippen LogP contribution in [0.4, 0.5) is 0 Å². The van der Waals surface area contributed by atoms with Crippen LogP contribution in [-0.4, -0.2) is 28.3 Å². The van der Waals surface area contributed by atoms with Crippen LogP contribution in [0.5, 0.6) is 5.75 Å². The third-order valence-corrected chi connectivity index (χ3v) is 5.14. The van der Waals surface area contributed by atoms with Gasteiger partial charge in [-0.1, -0.05) is 49.4 Å². The van der Waals surface area contributed by atoms with E-state index in [9.17, 15) is 14.7 Å².